The minimum atomic E-state index is -3.66. The van der Waals surface area contributed by atoms with Gasteiger partial charge in [-0.3, -0.25) is 4.79 Å². The average Bonchev–Trinajstić information content (AvgIpc) is 3.20. The minimum absolute atomic E-state index is 0.0851. The van der Waals surface area contributed by atoms with Crippen molar-refractivity contribution in [3.05, 3.63) is 29.8 Å². The van der Waals surface area contributed by atoms with E-state index in [0.717, 1.165) is 13.0 Å². The molecule has 0 radical (unpaired) electrons. The molecule has 2 heterocycles. The maximum atomic E-state index is 12.8. The fourth-order valence-corrected chi connectivity index (χ4v) is 4.77. The highest BCUT2D eigenvalue weighted by atomic mass is 32.2. The lowest BCUT2D eigenvalue weighted by Crippen LogP contribution is -2.38. The number of carbonyl (C=O) groups excluding carboxylic acids is 1. The van der Waals surface area contributed by atoms with E-state index in [1.165, 1.54) is 16.4 Å². The van der Waals surface area contributed by atoms with Gasteiger partial charge in [0.15, 0.2) is 0 Å². The fraction of sp³-hybridized carbons (Fsp3) is 0.556. The maximum absolute atomic E-state index is 12.8. The van der Waals surface area contributed by atoms with Gasteiger partial charge in [0.2, 0.25) is 10.0 Å². The predicted octanol–water partition coefficient (Wildman–Crippen LogP) is 1.38. The first-order valence-electron chi connectivity index (χ1n) is 8.86. The van der Waals surface area contributed by atoms with Gasteiger partial charge in [-0.2, -0.15) is 9.57 Å². The summed E-state index contributed by atoms with van der Waals surface area (Å²) in [5.41, 5.74) is 0.330. The lowest BCUT2D eigenvalue weighted by molar-refractivity contribution is 0.0944. The van der Waals surface area contributed by atoms with Gasteiger partial charge in [0.05, 0.1) is 17.6 Å². The number of nitrogens with zero attached hydrogens (tertiary/aromatic N) is 2. The number of carbonyl (C=O) groups is 1. The molecule has 0 saturated carbocycles. The SMILES string of the molecule is N#CC1CCN(S(=O)(=O)c2cccc(C(=O)NC[C@@H]3CCOC3)c2)CC1. The highest BCUT2D eigenvalue weighted by Gasteiger charge is 2.29. The lowest BCUT2D eigenvalue weighted by atomic mass is 10.0. The molecular formula is C18H23N3O4S. The topological polar surface area (TPSA) is 99.5 Å². The van der Waals surface area contributed by atoms with Crippen LogP contribution >= 0.6 is 0 Å². The van der Waals surface area contributed by atoms with Crippen LogP contribution in [0.5, 0.6) is 0 Å². The predicted molar refractivity (Wildman–Crippen MR) is 94.8 cm³/mol. The van der Waals surface area contributed by atoms with Crippen molar-refractivity contribution < 1.29 is 17.9 Å². The first kappa shape index (κ1) is 18.8. The van der Waals surface area contributed by atoms with Crippen LogP contribution in [0, 0.1) is 23.2 Å². The van der Waals surface area contributed by atoms with Crippen molar-refractivity contribution in [3.63, 3.8) is 0 Å². The van der Waals surface area contributed by atoms with Crippen LogP contribution < -0.4 is 5.32 Å². The zero-order valence-corrected chi connectivity index (χ0v) is 15.4. The molecule has 0 bridgehead atoms. The summed E-state index contributed by atoms with van der Waals surface area (Å²) in [4.78, 5) is 12.5. The highest BCUT2D eigenvalue weighted by Crippen LogP contribution is 2.24. The summed E-state index contributed by atoms with van der Waals surface area (Å²) in [7, 11) is -3.66. The monoisotopic (exact) mass is 377 g/mol. The Balaban J connectivity index is 1.67. The number of ether oxygens (including phenoxy) is 1. The standard InChI is InChI=1S/C18H23N3O4S/c19-11-14-4-7-21(8-5-14)26(23,24)17-3-1-2-16(10-17)18(22)20-12-15-6-9-25-13-15/h1-3,10,14-15H,4-9,12-13H2,(H,20,22)/t15-/m0/s1. The molecule has 1 N–H and O–H groups in total. The molecule has 2 fully saturated rings. The van der Waals surface area contributed by atoms with Gasteiger partial charge in [-0.15, -0.1) is 0 Å². The molecule has 1 aromatic carbocycles. The second kappa shape index (κ2) is 8.16. The average molecular weight is 377 g/mol. The van der Waals surface area contributed by atoms with Gasteiger partial charge in [0, 0.05) is 43.6 Å². The summed E-state index contributed by atoms with van der Waals surface area (Å²) in [6.07, 6.45) is 2.01. The number of hydrogen-bond acceptors (Lipinski definition) is 5. The third kappa shape index (κ3) is 4.23. The number of piperidine rings is 1. The van der Waals surface area contributed by atoms with Crippen LogP contribution in [-0.2, 0) is 14.8 Å². The van der Waals surface area contributed by atoms with E-state index >= 15 is 0 Å². The van der Waals surface area contributed by atoms with Gasteiger partial charge >= 0.3 is 0 Å². The zero-order chi connectivity index (χ0) is 18.6. The molecule has 0 aliphatic carbocycles. The highest BCUT2D eigenvalue weighted by molar-refractivity contribution is 7.89. The minimum Gasteiger partial charge on any atom is -0.381 e. The zero-order valence-electron chi connectivity index (χ0n) is 14.6. The van der Waals surface area contributed by atoms with E-state index < -0.39 is 10.0 Å². The molecule has 8 heteroatoms. The second-order valence-electron chi connectivity index (χ2n) is 6.77. The Bertz CT molecular complexity index is 789. The van der Waals surface area contributed by atoms with E-state index in [2.05, 4.69) is 11.4 Å². The van der Waals surface area contributed by atoms with Crippen LogP contribution in [0.1, 0.15) is 29.6 Å². The van der Waals surface area contributed by atoms with E-state index in [9.17, 15) is 13.2 Å². The van der Waals surface area contributed by atoms with Crippen LogP contribution in [0.4, 0.5) is 0 Å². The molecule has 0 spiro atoms. The third-order valence-corrected chi connectivity index (χ3v) is 6.84. The number of rotatable bonds is 5. The van der Waals surface area contributed by atoms with Crippen molar-refractivity contribution in [2.45, 2.75) is 24.2 Å². The summed E-state index contributed by atoms with van der Waals surface area (Å²) in [5, 5.41) is 11.8. The Kier molecular flexibility index (Phi) is 5.91. The van der Waals surface area contributed by atoms with Crippen LogP contribution in [0.2, 0.25) is 0 Å². The summed E-state index contributed by atoms with van der Waals surface area (Å²) < 4.78 is 32.3. The molecule has 7 nitrogen and oxygen atoms in total. The number of nitrogens with one attached hydrogen (secondary N) is 1. The van der Waals surface area contributed by atoms with Crippen molar-refractivity contribution in [2.75, 3.05) is 32.8 Å². The smallest absolute Gasteiger partial charge is 0.251 e. The third-order valence-electron chi connectivity index (χ3n) is 4.95. The molecule has 2 aliphatic heterocycles. The van der Waals surface area contributed by atoms with Crippen molar-refractivity contribution in [1.29, 1.82) is 5.26 Å². The van der Waals surface area contributed by atoms with E-state index in [4.69, 9.17) is 10.00 Å². The first-order valence-corrected chi connectivity index (χ1v) is 10.3. The molecule has 26 heavy (non-hydrogen) atoms. The molecule has 3 rings (SSSR count). The van der Waals surface area contributed by atoms with Crippen LogP contribution in [0.15, 0.2) is 29.2 Å². The molecule has 1 atom stereocenters. The van der Waals surface area contributed by atoms with Gasteiger partial charge in [0.1, 0.15) is 0 Å². The molecule has 2 saturated heterocycles. The summed E-state index contributed by atoms with van der Waals surface area (Å²) in [6, 6.07) is 8.32. The maximum Gasteiger partial charge on any atom is 0.251 e. The van der Waals surface area contributed by atoms with E-state index in [-0.39, 0.29) is 16.7 Å². The number of benzene rings is 1. The summed E-state index contributed by atoms with van der Waals surface area (Å²) in [6.45, 7) is 2.55. The van der Waals surface area contributed by atoms with Gasteiger partial charge in [0.25, 0.3) is 5.91 Å². The van der Waals surface area contributed by atoms with Crippen LogP contribution in [0.25, 0.3) is 0 Å². The molecule has 140 valence electrons. The number of amides is 1. The molecule has 0 unspecified atom stereocenters. The van der Waals surface area contributed by atoms with Crippen molar-refractivity contribution in [3.8, 4) is 6.07 Å². The van der Waals surface area contributed by atoms with Crippen LogP contribution in [0.3, 0.4) is 0 Å². The quantitative estimate of drug-likeness (QED) is 0.836. The van der Waals surface area contributed by atoms with Crippen LogP contribution in [-0.4, -0.2) is 51.5 Å². The van der Waals surface area contributed by atoms with Gasteiger partial charge in [-0.1, -0.05) is 6.07 Å². The molecule has 1 aromatic rings. The van der Waals surface area contributed by atoms with Gasteiger partial charge in [-0.25, -0.2) is 8.42 Å². The lowest BCUT2D eigenvalue weighted by Gasteiger charge is -2.28. The molecule has 0 aromatic heterocycles. The Hall–Kier alpha value is -1.95. The Morgan fingerprint density at radius 3 is 2.73 bits per heavy atom. The number of hydrogen-bond donors (Lipinski definition) is 1. The van der Waals surface area contributed by atoms with Gasteiger partial charge in [-0.05, 0) is 37.5 Å². The first-order chi connectivity index (χ1) is 12.5. The fourth-order valence-electron chi connectivity index (χ4n) is 3.26. The Morgan fingerprint density at radius 1 is 1.31 bits per heavy atom. The number of sulfonamides is 1. The largest absolute Gasteiger partial charge is 0.381 e. The van der Waals surface area contributed by atoms with Gasteiger partial charge < -0.3 is 10.1 Å². The molecule has 1 amide bonds. The summed E-state index contributed by atoms with van der Waals surface area (Å²) >= 11 is 0. The van der Waals surface area contributed by atoms with E-state index in [0.29, 0.717) is 50.6 Å². The number of nitriles is 1. The Morgan fingerprint density at radius 2 is 2.08 bits per heavy atom. The van der Waals surface area contributed by atoms with Crippen molar-refractivity contribution in [1.82, 2.24) is 9.62 Å². The Labute approximate surface area is 154 Å². The second-order valence-corrected chi connectivity index (χ2v) is 8.71. The molecular weight excluding hydrogens is 354 g/mol. The summed E-state index contributed by atoms with van der Waals surface area (Å²) in [5.74, 6) is -0.0532. The normalized spacial score (nSPS) is 22.0. The van der Waals surface area contributed by atoms with Crippen molar-refractivity contribution in [2.24, 2.45) is 11.8 Å². The molecule has 2 aliphatic rings. The van der Waals surface area contributed by atoms with Crippen molar-refractivity contribution >= 4 is 15.9 Å². The van der Waals surface area contributed by atoms with E-state index in [1.54, 1.807) is 12.1 Å². The van der Waals surface area contributed by atoms with E-state index in [1.807, 2.05) is 0 Å².